The van der Waals surface area contributed by atoms with Crippen molar-refractivity contribution in [1.82, 2.24) is 5.32 Å². The molecule has 0 unspecified atom stereocenters. The molecule has 3 nitrogen and oxygen atoms in total. The highest BCUT2D eigenvalue weighted by molar-refractivity contribution is 5.72. The molecule has 3 heteroatoms. The second-order valence-electron chi connectivity index (χ2n) is 2.49. The lowest BCUT2D eigenvalue weighted by Crippen LogP contribution is -2.32. The molecule has 1 heterocycles. The lowest BCUT2D eigenvalue weighted by Gasteiger charge is -2.19. The normalized spacial score (nSPS) is 20.5. The predicted octanol–water partition coefficient (Wildman–Crippen LogP) is 0.321. The fourth-order valence-corrected chi connectivity index (χ4v) is 1.18. The Balaban J connectivity index is 2.31. The molecule has 0 amide bonds. The smallest absolute Gasteiger partial charge is 0.309 e. The largest absolute Gasteiger partial charge is 0.462 e. The Morgan fingerprint density at radius 2 is 2.10 bits per heavy atom. The molecule has 10 heavy (non-hydrogen) atoms. The molecule has 0 spiro atoms. The predicted molar refractivity (Wildman–Crippen MR) is 37.0 cm³/mol. The van der Waals surface area contributed by atoms with E-state index in [-0.39, 0.29) is 11.9 Å². The van der Waals surface area contributed by atoms with Gasteiger partial charge in [-0.25, -0.2) is 0 Å². The second kappa shape index (κ2) is 3.56. The first-order valence-corrected chi connectivity index (χ1v) is 3.51. The van der Waals surface area contributed by atoms with E-state index in [1.165, 1.54) is 0 Å². The van der Waals surface area contributed by atoms with Crippen molar-refractivity contribution in [3.63, 3.8) is 0 Å². The van der Waals surface area contributed by atoms with Crippen molar-refractivity contribution in [3.05, 3.63) is 7.11 Å². The maximum Gasteiger partial charge on any atom is 0.309 e. The number of rotatable bonds is 1. The van der Waals surface area contributed by atoms with Crippen molar-refractivity contribution in [2.45, 2.75) is 12.8 Å². The highest BCUT2D eigenvalue weighted by Gasteiger charge is 2.20. The molecule has 0 bridgehead atoms. The lowest BCUT2D eigenvalue weighted by molar-refractivity contribution is -0.144. The van der Waals surface area contributed by atoms with Gasteiger partial charge in [0.1, 0.15) is 7.11 Å². The van der Waals surface area contributed by atoms with Crippen LogP contribution in [0.5, 0.6) is 0 Å². The summed E-state index contributed by atoms with van der Waals surface area (Å²) >= 11 is 0. The molecule has 1 N–H and O–H groups in total. The Labute approximate surface area is 60.7 Å². The molecule has 0 aromatic heterocycles. The van der Waals surface area contributed by atoms with Crippen LogP contribution in [0.1, 0.15) is 12.8 Å². The van der Waals surface area contributed by atoms with Crippen LogP contribution in [-0.4, -0.2) is 19.1 Å². The molecule has 0 atom stereocenters. The average molecular weight is 142 g/mol. The SMILES string of the molecule is [CH2]OC(=O)C1CCNCC1. The number of ether oxygens (including phenoxy) is 1. The van der Waals surface area contributed by atoms with Crippen molar-refractivity contribution in [3.8, 4) is 0 Å². The van der Waals surface area contributed by atoms with Crippen LogP contribution in [0.2, 0.25) is 0 Å². The molecule has 1 fully saturated rings. The second-order valence-corrected chi connectivity index (χ2v) is 2.49. The fraction of sp³-hybridized carbons (Fsp3) is 0.714. The minimum Gasteiger partial charge on any atom is -0.462 e. The first-order valence-electron chi connectivity index (χ1n) is 3.51. The molecule has 0 aliphatic carbocycles. The third-order valence-electron chi connectivity index (χ3n) is 1.81. The first-order chi connectivity index (χ1) is 4.84. The van der Waals surface area contributed by atoms with Crippen molar-refractivity contribution in [2.24, 2.45) is 5.92 Å². The van der Waals surface area contributed by atoms with Gasteiger partial charge in [0.2, 0.25) is 0 Å². The highest BCUT2D eigenvalue weighted by atomic mass is 16.5. The van der Waals surface area contributed by atoms with Crippen molar-refractivity contribution in [2.75, 3.05) is 13.1 Å². The van der Waals surface area contributed by atoms with Crippen LogP contribution in [0.25, 0.3) is 0 Å². The summed E-state index contributed by atoms with van der Waals surface area (Å²) in [7, 11) is 3.09. The third kappa shape index (κ3) is 1.70. The van der Waals surface area contributed by atoms with Gasteiger partial charge in [-0.2, -0.15) is 0 Å². The van der Waals surface area contributed by atoms with E-state index in [0.29, 0.717) is 0 Å². The Morgan fingerprint density at radius 3 is 2.60 bits per heavy atom. The molecule has 57 valence electrons. The van der Waals surface area contributed by atoms with Crippen LogP contribution in [0.15, 0.2) is 0 Å². The molecule has 1 radical (unpaired) electrons. The van der Waals surface area contributed by atoms with Gasteiger partial charge in [-0.1, -0.05) is 0 Å². The monoisotopic (exact) mass is 142 g/mol. The maximum absolute atomic E-state index is 10.9. The van der Waals surface area contributed by atoms with Gasteiger partial charge in [-0.15, -0.1) is 0 Å². The van der Waals surface area contributed by atoms with Crippen molar-refractivity contribution in [1.29, 1.82) is 0 Å². The molecule has 0 saturated carbocycles. The van der Waals surface area contributed by atoms with Gasteiger partial charge in [-0.05, 0) is 25.9 Å². The van der Waals surface area contributed by atoms with Gasteiger partial charge >= 0.3 is 5.97 Å². The summed E-state index contributed by atoms with van der Waals surface area (Å²) in [6.07, 6.45) is 1.77. The van der Waals surface area contributed by atoms with E-state index >= 15 is 0 Å². The zero-order chi connectivity index (χ0) is 7.40. The van der Waals surface area contributed by atoms with Gasteiger partial charge in [0.15, 0.2) is 0 Å². The summed E-state index contributed by atoms with van der Waals surface area (Å²) < 4.78 is 4.37. The molecule has 1 rings (SSSR count). The van der Waals surface area contributed by atoms with Crippen LogP contribution in [0, 0.1) is 13.0 Å². The highest BCUT2D eigenvalue weighted by Crippen LogP contribution is 2.12. The van der Waals surface area contributed by atoms with Gasteiger partial charge in [0, 0.05) is 0 Å². The molecule has 0 aromatic carbocycles. The average Bonchev–Trinajstić information content (AvgIpc) is 2.05. The molecule has 1 aliphatic rings. The molecule has 1 saturated heterocycles. The fourth-order valence-electron chi connectivity index (χ4n) is 1.18. The first kappa shape index (κ1) is 7.54. The van der Waals surface area contributed by atoms with E-state index in [9.17, 15) is 4.79 Å². The standard InChI is InChI=1S/C7H12NO2/c1-10-7(9)6-2-4-8-5-3-6/h6,8H,1-5H2. The van der Waals surface area contributed by atoms with E-state index in [2.05, 4.69) is 17.2 Å². The van der Waals surface area contributed by atoms with E-state index in [1.807, 2.05) is 0 Å². The van der Waals surface area contributed by atoms with Gasteiger partial charge < -0.3 is 10.1 Å². The van der Waals surface area contributed by atoms with Gasteiger partial charge in [0.05, 0.1) is 5.92 Å². The van der Waals surface area contributed by atoms with Crippen LogP contribution in [0.3, 0.4) is 0 Å². The number of hydrogen-bond acceptors (Lipinski definition) is 3. The van der Waals surface area contributed by atoms with Crippen LogP contribution in [0.4, 0.5) is 0 Å². The number of carbonyl (C=O) groups is 1. The van der Waals surface area contributed by atoms with E-state index in [4.69, 9.17) is 0 Å². The van der Waals surface area contributed by atoms with E-state index in [1.54, 1.807) is 0 Å². The number of esters is 1. The lowest BCUT2D eigenvalue weighted by atomic mass is 9.99. The van der Waals surface area contributed by atoms with Gasteiger partial charge in [0.25, 0.3) is 0 Å². The van der Waals surface area contributed by atoms with E-state index in [0.717, 1.165) is 25.9 Å². The summed E-state index contributed by atoms with van der Waals surface area (Å²) in [5.74, 6) is -0.0831. The zero-order valence-corrected chi connectivity index (χ0v) is 5.93. The van der Waals surface area contributed by atoms with Crippen LogP contribution < -0.4 is 5.32 Å². The number of hydrogen-bond donors (Lipinski definition) is 1. The Hall–Kier alpha value is -0.570. The Kier molecular flexibility index (Phi) is 2.68. The minimum atomic E-state index is -0.165. The van der Waals surface area contributed by atoms with Crippen LogP contribution in [-0.2, 0) is 9.53 Å². The molecule has 0 aromatic rings. The minimum absolute atomic E-state index is 0.0822. The molecular weight excluding hydrogens is 130 g/mol. The number of piperidine rings is 1. The van der Waals surface area contributed by atoms with E-state index < -0.39 is 0 Å². The summed E-state index contributed by atoms with van der Waals surface area (Å²) in [6.45, 7) is 1.83. The Bertz CT molecular complexity index is 119. The van der Waals surface area contributed by atoms with Crippen LogP contribution >= 0.6 is 0 Å². The number of nitrogens with one attached hydrogen (secondary N) is 1. The molecular formula is C7H12NO2. The van der Waals surface area contributed by atoms with Crippen molar-refractivity contribution < 1.29 is 9.53 Å². The van der Waals surface area contributed by atoms with Crippen molar-refractivity contribution >= 4 is 5.97 Å². The van der Waals surface area contributed by atoms with Gasteiger partial charge in [-0.3, -0.25) is 4.79 Å². The number of carbonyl (C=O) groups excluding carboxylic acids is 1. The maximum atomic E-state index is 10.9. The Morgan fingerprint density at radius 1 is 1.50 bits per heavy atom. The summed E-state index contributed by atoms with van der Waals surface area (Å²) in [4.78, 5) is 10.9. The third-order valence-corrected chi connectivity index (χ3v) is 1.81. The molecule has 1 aliphatic heterocycles. The summed E-state index contributed by atoms with van der Waals surface area (Å²) in [5.41, 5.74) is 0. The zero-order valence-electron chi connectivity index (χ0n) is 5.93. The summed E-state index contributed by atoms with van der Waals surface area (Å²) in [6, 6.07) is 0. The summed E-state index contributed by atoms with van der Waals surface area (Å²) in [5, 5.41) is 3.17. The topological polar surface area (TPSA) is 38.3 Å². The quantitative estimate of drug-likeness (QED) is 0.536.